The van der Waals surface area contributed by atoms with E-state index in [9.17, 15) is 9.59 Å². The van der Waals surface area contributed by atoms with Gasteiger partial charge in [0.1, 0.15) is 5.60 Å². The summed E-state index contributed by atoms with van der Waals surface area (Å²) in [6.45, 7) is 6.17. The zero-order valence-corrected chi connectivity index (χ0v) is 15.9. The lowest BCUT2D eigenvalue weighted by Gasteiger charge is -2.26. The second-order valence-electron chi connectivity index (χ2n) is 7.68. The second-order valence-corrected chi connectivity index (χ2v) is 7.68. The van der Waals surface area contributed by atoms with Gasteiger partial charge in [0, 0.05) is 18.8 Å². The minimum Gasteiger partial charge on any atom is -0.443 e. The van der Waals surface area contributed by atoms with Crippen LogP contribution in [-0.2, 0) is 11.3 Å². The van der Waals surface area contributed by atoms with Gasteiger partial charge in [0.2, 0.25) is 0 Å². The number of nitrogens with zero attached hydrogens (tertiary/aromatic N) is 2. The first-order valence-electron chi connectivity index (χ1n) is 8.95. The summed E-state index contributed by atoms with van der Waals surface area (Å²) in [4.78, 5) is 28.6. The number of nitrogens with two attached hydrogens (primary N) is 1. The summed E-state index contributed by atoms with van der Waals surface area (Å²) in [5.74, 6) is 0. The third-order valence-electron chi connectivity index (χ3n) is 4.31. The Bertz CT molecular complexity index is 813. The largest absolute Gasteiger partial charge is 0.443 e. The summed E-state index contributed by atoms with van der Waals surface area (Å²) in [6, 6.07) is 16.2. The molecule has 2 aromatic rings. The monoisotopic (exact) mass is 367 g/mol. The Morgan fingerprint density at radius 1 is 1.11 bits per heavy atom. The van der Waals surface area contributed by atoms with Crippen LogP contribution in [0.25, 0.3) is 0 Å². The molecule has 2 N–H and O–H groups in total. The van der Waals surface area contributed by atoms with Crippen molar-refractivity contribution in [1.29, 1.82) is 0 Å². The average molecular weight is 367 g/mol. The lowest BCUT2D eigenvalue weighted by Crippen LogP contribution is -2.40. The maximum absolute atomic E-state index is 13.0. The molecule has 1 atom stereocenters. The number of benzene rings is 2. The van der Waals surface area contributed by atoms with E-state index in [2.05, 4.69) is 0 Å². The third-order valence-corrected chi connectivity index (χ3v) is 4.31. The van der Waals surface area contributed by atoms with Crippen LogP contribution in [-0.4, -0.2) is 34.1 Å². The van der Waals surface area contributed by atoms with Crippen molar-refractivity contribution in [2.24, 2.45) is 0 Å². The number of amides is 3. The molecule has 0 radical (unpaired) electrons. The molecule has 6 heteroatoms. The number of imide groups is 1. The fraction of sp³-hybridized carbons (Fsp3) is 0.333. The lowest BCUT2D eigenvalue weighted by molar-refractivity contribution is 0.0295. The molecule has 0 aromatic heterocycles. The Morgan fingerprint density at radius 2 is 1.74 bits per heavy atom. The fourth-order valence-electron chi connectivity index (χ4n) is 3.08. The average Bonchev–Trinajstić information content (AvgIpc) is 2.93. The molecule has 0 aliphatic carbocycles. The molecule has 27 heavy (non-hydrogen) atoms. The van der Waals surface area contributed by atoms with E-state index in [0.29, 0.717) is 18.8 Å². The number of hydrogen-bond acceptors (Lipinski definition) is 4. The highest BCUT2D eigenvalue weighted by atomic mass is 16.6. The van der Waals surface area contributed by atoms with Crippen LogP contribution in [0.4, 0.5) is 15.3 Å². The van der Waals surface area contributed by atoms with Gasteiger partial charge in [0.25, 0.3) is 0 Å². The molecule has 142 valence electrons. The van der Waals surface area contributed by atoms with Gasteiger partial charge in [0.15, 0.2) is 0 Å². The maximum atomic E-state index is 13.0. The molecule has 0 bridgehead atoms. The van der Waals surface area contributed by atoms with E-state index in [1.54, 1.807) is 37.8 Å². The molecule has 3 amide bonds. The van der Waals surface area contributed by atoms with Gasteiger partial charge in [-0.15, -0.1) is 0 Å². The number of rotatable bonds is 3. The minimum atomic E-state index is -0.678. The van der Waals surface area contributed by atoms with E-state index >= 15 is 0 Å². The molecule has 1 aliphatic heterocycles. The van der Waals surface area contributed by atoms with Crippen LogP contribution in [0.3, 0.4) is 0 Å². The molecule has 1 fully saturated rings. The van der Waals surface area contributed by atoms with Gasteiger partial charge in [-0.05, 0) is 44.0 Å². The van der Waals surface area contributed by atoms with E-state index in [1.165, 1.54) is 4.90 Å². The molecule has 0 saturated carbocycles. The number of carbonyl (C=O) groups is 2. The van der Waals surface area contributed by atoms with Crippen molar-refractivity contribution in [3.8, 4) is 0 Å². The van der Waals surface area contributed by atoms with Crippen molar-refractivity contribution < 1.29 is 14.3 Å². The van der Waals surface area contributed by atoms with Crippen LogP contribution in [0.2, 0.25) is 0 Å². The van der Waals surface area contributed by atoms with Crippen LogP contribution in [0.1, 0.15) is 37.9 Å². The van der Waals surface area contributed by atoms with Gasteiger partial charge < -0.3 is 15.4 Å². The van der Waals surface area contributed by atoms with E-state index in [1.807, 2.05) is 42.5 Å². The highest BCUT2D eigenvalue weighted by Crippen LogP contribution is 2.32. The second kappa shape index (κ2) is 7.31. The molecular formula is C21H25N3O3. The molecule has 0 spiro atoms. The SMILES string of the molecule is CC(C)(C)OC(=O)N1C(=O)N(Cc2ccc(N)cc2)C[C@@H]1c1ccccc1. The fourth-order valence-corrected chi connectivity index (χ4v) is 3.08. The van der Waals surface area contributed by atoms with Crippen molar-refractivity contribution >= 4 is 17.8 Å². The summed E-state index contributed by atoms with van der Waals surface area (Å²) in [6.07, 6.45) is -0.624. The predicted molar refractivity (Wildman–Crippen MR) is 104 cm³/mol. The molecule has 3 rings (SSSR count). The van der Waals surface area contributed by atoms with Gasteiger partial charge in [-0.1, -0.05) is 42.5 Å². The van der Waals surface area contributed by atoms with Crippen molar-refractivity contribution in [3.63, 3.8) is 0 Å². The Kier molecular flexibility index (Phi) is 5.08. The number of anilines is 1. The standard InChI is InChI=1S/C21H25N3O3/c1-21(2,3)27-20(26)24-18(16-7-5-4-6-8-16)14-23(19(24)25)13-15-9-11-17(22)12-10-15/h4-12,18H,13-14,22H2,1-3H3/t18-/m1/s1. The summed E-state index contributed by atoms with van der Waals surface area (Å²) >= 11 is 0. The first-order valence-corrected chi connectivity index (χ1v) is 8.95. The van der Waals surface area contributed by atoms with Crippen molar-refractivity contribution in [3.05, 3.63) is 65.7 Å². The lowest BCUT2D eigenvalue weighted by atomic mass is 10.1. The third kappa shape index (κ3) is 4.39. The van der Waals surface area contributed by atoms with E-state index in [-0.39, 0.29) is 12.1 Å². The molecule has 1 heterocycles. The molecule has 2 aromatic carbocycles. The molecule has 0 unspecified atom stereocenters. The highest BCUT2D eigenvalue weighted by Gasteiger charge is 2.43. The zero-order chi connectivity index (χ0) is 19.6. The number of hydrogen-bond donors (Lipinski definition) is 1. The molecule has 6 nitrogen and oxygen atoms in total. The van der Waals surface area contributed by atoms with Crippen molar-refractivity contribution in [2.45, 2.75) is 39.0 Å². The zero-order valence-electron chi connectivity index (χ0n) is 15.9. The van der Waals surface area contributed by atoms with Crippen LogP contribution in [0.5, 0.6) is 0 Å². The maximum Gasteiger partial charge on any atom is 0.419 e. The smallest absolute Gasteiger partial charge is 0.419 e. The van der Waals surface area contributed by atoms with Gasteiger partial charge in [-0.3, -0.25) is 0 Å². The molecular weight excluding hydrogens is 342 g/mol. The first kappa shape index (κ1) is 18.8. The van der Waals surface area contributed by atoms with Gasteiger partial charge in [-0.25, -0.2) is 14.5 Å². The Hall–Kier alpha value is -3.02. The first-order chi connectivity index (χ1) is 12.7. The minimum absolute atomic E-state index is 0.352. The number of carbonyl (C=O) groups excluding carboxylic acids is 2. The van der Waals surface area contributed by atoms with Gasteiger partial charge in [-0.2, -0.15) is 0 Å². The van der Waals surface area contributed by atoms with Crippen LogP contribution < -0.4 is 5.73 Å². The highest BCUT2D eigenvalue weighted by molar-refractivity contribution is 5.93. The summed E-state index contributed by atoms with van der Waals surface area (Å²) in [5.41, 5.74) is 7.58. The summed E-state index contributed by atoms with van der Waals surface area (Å²) in [5, 5.41) is 0. The van der Waals surface area contributed by atoms with Crippen LogP contribution in [0.15, 0.2) is 54.6 Å². The quantitative estimate of drug-likeness (QED) is 0.826. The van der Waals surface area contributed by atoms with E-state index in [0.717, 1.165) is 11.1 Å². The summed E-state index contributed by atoms with van der Waals surface area (Å²) in [7, 11) is 0. The van der Waals surface area contributed by atoms with E-state index in [4.69, 9.17) is 10.5 Å². The molecule has 1 saturated heterocycles. The molecule has 1 aliphatic rings. The van der Waals surface area contributed by atoms with Crippen LogP contribution in [0, 0.1) is 0 Å². The summed E-state index contributed by atoms with van der Waals surface area (Å²) < 4.78 is 5.48. The topological polar surface area (TPSA) is 75.9 Å². The Labute approximate surface area is 159 Å². The van der Waals surface area contributed by atoms with E-state index < -0.39 is 11.7 Å². The number of urea groups is 1. The Balaban J connectivity index is 1.87. The normalized spacial score (nSPS) is 17.3. The number of ether oxygens (including phenoxy) is 1. The van der Waals surface area contributed by atoms with Gasteiger partial charge in [0.05, 0.1) is 6.04 Å². The van der Waals surface area contributed by atoms with Crippen molar-refractivity contribution in [1.82, 2.24) is 9.80 Å². The van der Waals surface area contributed by atoms with Crippen molar-refractivity contribution in [2.75, 3.05) is 12.3 Å². The van der Waals surface area contributed by atoms with Crippen LogP contribution >= 0.6 is 0 Å². The predicted octanol–water partition coefficient (Wildman–Crippen LogP) is 4.18. The number of nitrogen functional groups attached to an aromatic ring is 1. The Morgan fingerprint density at radius 3 is 2.33 bits per heavy atom. The van der Waals surface area contributed by atoms with Gasteiger partial charge >= 0.3 is 12.1 Å².